The third kappa shape index (κ3) is 1.41. The molecule has 0 aromatic carbocycles. The number of aliphatic hydroxyl groups excluding tert-OH is 1. The molecule has 1 saturated carbocycles. The summed E-state index contributed by atoms with van der Waals surface area (Å²) in [6.45, 7) is 8.86. The van der Waals surface area contributed by atoms with Crippen molar-refractivity contribution >= 4 is 0 Å². The van der Waals surface area contributed by atoms with E-state index in [2.05, 4.69) is 39.0 Å². The summed E-state index contributed by atoms with van der Waals surface area (Å²) in [5.41, 5.74) is 1.36. The molecule has 3 nitrogen and oxygen atoms in total. The van der Waals surface area contributed by atoms with E-state index in [0.29, 0.717) is 6.04 Å². The number of hydrogen-bond donors (Lipinski definition) is 1. The van der Waals surface area contributed by atoms with Gasteiger partial charge < -0.3 is 5.11 Å². The molecule has 0 saturated heterocycles. The van der Waals surface area contributed by atoms with Crippen LogP contribution in [0.2, 0.25) is 0 Å². The molecule has 2 rings (SSSR count). The Kier molecular flexibility index (Phi) is 2.19. The molecule has 0 radical (unpaired) electrons. The van der Waals surface area contributed by atoms with Crippen molar-refractivity contribution in [3.8, 4) is 0 Å². The fourth-order valence-electron chi connectivity index (χ4n) is 2.43. The van der Waals surface area contributed by atoms with E-state index in [1.54, 1.807) is 0 Å². The van der Waals surface area contributed by atoms with E-state index in [4.69, 9.17) is 0 Å². The highest BCUT2D eigenvalue weighted by molar-refractivity contribution is 5.34. The lowest BCUT2D eigenvalue weighted by molar-refractivity contribution is 0.231. The molecule has 0 spiro atoms. The maximum atomic E-state index is 9.56. The standard InChI is InChI=1S/C12H20N2O/c1-9(2)14-6-10(5-13-14)12(8-15)7-11(12,3)4/h5-6,9,15H,7-8H2,1-4H3. The second-order valence-corrected chi connectivity index (χ2v) is 5.60. The monoisotopic (exact) mass is 208 g/mol. The first kappa shape index (κ1) is 10.7. The van der Waals surface area contributed by atoms with Crippen LogP contribution >= 0.6 is 0 Å². The van der Waals surface area contributed by atoms with Crippen molar-refractivity contribution < 1.29 is 5.11 Å². The summed E-state index contributed by atoms with van der Waals surface area (Å²) in [5.74, 6) is 0. The van der Waals surface area contributed by atoms with Gasteiger partial charge in [0, 0.05) is 17.7 Å². The van der Waals surface area contributed by atoms with Crippen molar-refractivity contribution in [1.29, 1.82) is 0 Å². The Balaban J connectivity index is 2.30. The van der Waals surface area contributed by atoms with E-state index in [1.807, 2.05) is 10.9 Å². The number of rotatable bonds is 3. The molecule has 1 unspecified atom stereocenters. The molecule has 1 aromatic rings. The maximum absolute atomic E-state index is 9.56. The molecular formula is C12H20N2O. The summed E-state index contributed by atoms with van der Waals surface area (Å²) >= 11 is 0. The molecule has 1 atom stereocenters. The number of hydrogen-bond acceptors (Lipinski definition) is 2. The molecule has 1 aliphatic rings. The van der Waals surface area contributed by atoms with Gasteiger partial charge in [-0.25, -0.2) is 0 Å². The van der Waals surface area contributed by atoms with Gasteiger partial charge in [-0.15, -0.1) is 0 Å². The SMILES string of the molecule is CC(C)n1cc(C2(CO)CC2(C)C)cn1. The Bertz CT molecular complexity index is 367. The van der Waals surface area contributed by atoms with Gasteiger partial charge in [-0.2, -0.15) is 5.10 Å². The predicted octanol–water partition coefficient (Wildman–Crippen LogP) is 2.12. The summed E-state index contributed by atoms with van der Waals surface area (Å²) in [5, 5.41) is 13.9. The number of nitrogens with zero attached hydrogens (tertiary/aromatic N) is 2. The van der Waals surface area contributed by atoms with Crippen molar-refractivity contribution in [3.63, 3.8) is 0 Å². The average Bonchev–Trinajstić information content (AvgIpc) is 2.59. The van der Waals surface area contributed by atoms with Crippen LogP contribution in [0.5, 0.6) is 0 Å². The van der Waals surface area contributed by atoms with E-state index >= 15 is 0 Å². The van der Waals surface area contributed by atoms with E-state index in [0.717, 1.165) is 6.42 Å². The van der Waals surface area contributed by atoms with E-state index in [-0.39, 0.29) is 17.4 Å². The van der Waals surface area contributed by atoms with Crippen LogP contribution in [0.1, 0.15) is 45.7 Å². The second kappa shape index (κ2) is 3.08. The second-order valence-electron chi connectivity index (χ2n) is 5.60. The van der Waals surface area contributed by atoms with Gasteiger partial charge in [-0.1, -0.05) is 13.8 Å². The predicted molar refractivity (Wildman–Crippen MR) is 59.8 cm³/mol. The van der Waals surface area contributed by atoms with Gasteiger partial charge in [0.15, 0.2) is 0 Å². The summed E-state index contributed by atoms with van der Waals surface area (Å²) in [6.07, 6.45) is 5.04. The molecule has 0 amide bonds. The largest absolute Gasteiger partial charge is 0.395 e. The Hall–Kier alpha value is -0.830. The Morgan fingerprint density at radius 1 is 1.53 bits per heavy atom. The topological polar surface area (TPSA) is 38.0 Å². The molecule has 1 heterocycles. The van der Waals surface area contributed by atoms with E-state index < -0.39 is 0 Å². The van der Waals surface area contributed by atoms with Crippen LogP contribution in [0.15, 0.2) is 12.4 Å². The molecule has 15 heavy (non-hydrogen) atoms. The van der Waals surface area contributed by atoms with Gasteiger partial charge in [-0.3, -0.25) is 4.68 Å². The third-order valence-corrected chi connectivity index (χ3v) is 3.87. The first-order valence-electron chi connectivity index (χ1n) is 5.58. The minimum absolute atomic E-state index is 0.0415. The minimum atomic E-state index is -0.0415. The number of aromatic nitrogens is 2. The van der Waals surface area contributed by atoms with Crippen molar-refractivity contribution in [3.05, 3.63) is 18.0 Å². The van der Waals surface area contributed by atoms with Gasteiger partial charge >= 0.3 is 0 Å². The minimum Gasteiger partial charge on any atom is -0.395 e. The number of aliphatic hydroxyl groups is 1. The van der Waals surface area contributed by atoms with Crippen LogP contribution in [-0.2, 0) is 5.41 Å². The molecule has 1 fully saturated rings. The van der Waals surface area contributed by atoms with Gasteiger partial charge in [0.25, 0.3) is 0 Å². The first-order valence-corrected chi connectivity index (χ1v) is 5.58. The van der Waals surface area contributed by atoms with Crippen LogP contribution in [0.4, 0.5) is 0 Å². The molecule has 0 bridgehead atoms. The van der Waals surface area contributed by atoms with Crippen LogP contribution in [0, 0.1) is 5.41 Å². The highest BCUT2D eigenvalue weighted by atomic mass is 16.3. The quantitative estimate of drug-likeness (QED) is 0.826. The van der Waals surface area contributed by atoms with Crippen molar-refractivity contribution in [2.24, 2.45) is 5.41 Å². The van der Waals surface area contributed by atoms with Gasteiger partial charge in [0.05, 0.1) is 12.8 Å². The molecular weight excluding hydrogens is 188 g/mol. The van der Waals surface area contributed by atoms with E-state index in [1.165, 1.54) is 5.56 Å². The van der Waals surface area contributed by atoms with Gasteiger partial charge in [0.2, 0.25) is 0 Å². The summed E-state index contributed by atoms with van der Waals surface area (Å²) in [4.78, 5) is 0. The molecule has 1 aromatic heterocycles. The maximum Gasteiger partial charge on any atom is 0.0534 e. The lowest BCUT2D eigenvalue weighted by Gasteiger charge is -2.15. The Labute approximate surface area is 91.1 Å². The highest BCUT2D eigenvalue weighted by Crippen LogP contribution is 2.63. The average molecular weight is 208 g/mol. The summed E-state index contributed by atoms with van der Waals surface area (Å²) in [6, 6.07) is 0.386. The van der Waals surface area contributed by atoms with Crippen LogP contribution in [0.3, 0.4) is 0 Å². The zero-order chi connectivity index (χ0) is 11.3. The van der Waals surface area contributed by atoms with Crippen molar-refractivity contribution in [1.82, 2.24) is 9.78 Å². The van der Waals surface area contributed by atoms with Crippen molar-refractivity contribution in [2.75, 3.05) is 6.61 Å². The Morgan fingerprint density at radius 3 is 2.47 bits per heavy atom. The van der Waals surface area contributed by atoms with E-state index in [9.17, 15) is 5.11 Å². The lowest BCUT2D eigenvalue weighted by Crippen LogP contribution is -2.18. The third-order valence-electron chi connectivity index (χ3n) is 3.87. The van der Waals surface area contributed by atoms with Gasteiger partial charge in [-0.05, 0) is 31.2 Å². The molecule has 1 aliphatic carbocycles. The summed E-state index contributed by atoms with van der Waals surface area (Å²) < 4.78 is 1.96. The lowest BCUT2D eigenvalue weighted by atomic mass is 9.91. The smallest absolute Gasteiger partial charge is 0.0534 e. The fraction of sp³-hybridized carbons (Fsp3) is 0.750. The molecule has 1 N–H and O–H groups in total. The highest BCUT2D eigenvalue weighted by Gasteiger charge is 2.62. The zero-order valence-electron chi connectivity index (χ0n) is 9.99. The first-order chi connectivity index (χ1) is 6.93. The molecule has 3 heteroatoms. The van der Waals surface area contributed by atoms with Gasteiger partial charge in [0.1, 0.15) is 0 Å². The molecule has 0 aliphatic heterocycles. The normalized spacial score (nSPS) is 28.4. The van der Waals surface area contributed by atoms with Crippen molar-refractivity contribution in [2.45, 2.75) is 45.6 Å². The fourth-order valence-corrected chi connectivity index (χ4v) is 2.43. The van der Waals surface area contributed by atoms with Crippen LogP contribution < -0.4 is 0 Å². The Morgan fingerprint density at radius 2 is 2.13 bits per heavy atom. The van der Waals surface area contributed by atoms with Crippen LogP contribution in [0.25, 0.3) is 0 Å². The molecule has 84 valence electrons. The zero-order valence-corrected chi connectivity index (χ0v) is 9.99. The van der Waals surface area contributed by atoms with Crippen LogP contribution in [-0.4, -0.2) is 21.5 Å². The summed E-state index contributed by atoms with van der Waals surface area (Å²) in [7, 11) is 0.